The fourth-order valence-corrected chi connectivity index (χ4v) is 10.1. The molecule has 7 atom stereocenters. The van der Waals surface area contributed by atoms with Gasteiger partial charge in [0.1, 0.15) is 21.7 Å². The summed E-state index contributed by atoms with van der Waals surface area (Å²) >= 11 is 0. The van der Waals surface area contributed by atoms with Crippen LogP contribution in [0, 0.1) is 24.7 Å². The first kappa shape index (κ1) is 34.0. The summed E-state index contributed by atoms with van der Waals surface area (Å²) in [6, 6.07) is 9.52. The molecule has 2 bridgehead atoms. The van der Waals surface area contributed by atoms with E-state index in [9.17, 15) is 22.6 Å². The van der Waals surface area contributed by atoms with Crippen molar-refractivity contribution in [3.63, 3.8) is 0 Å². The molecule has 0 radical (unpaired) electrons. The molecular formula is C37H46F2N4O5S. The van der Waals surface area contributed by atoms with Gasteiger partial charge in [0.25, 0.3) is 11.8 Å². The van der Waals surface area contributed by atoms with Gasteiger partial charge in [-0.3, -0.25) is 9.52 Å². The Morgan fingerprint density at radius 2 is 2.00 bits per heavy atom. The summed E-state index contributed by atoms with van der Waals surface area (Å²) in [6.45, 7) is 5.96. The highest BCUT2D eigenvalue weighted by molar-refractivity contribution is 7.92. The van der Waals surface area contributed by atoms with E-state index in [2.05, 4.69) is 50.5 Å². The van der Waals surface area contributed by atoms with Gasteiger partial charge in [0.05, 0.1) is 24.2 Å². The molecular weight excluding hydrogens is 650 g/mol. The lowest BCUT2D eigenvalue weighted by Crippen LogP contribution is -2.49. The minimum absolute atomic E-state index is 0.0973. The molecule has 3 amide bonds. The van der Waals surface area contributed by atoms with E-state index in [-0.39, 0.29) is 28.8 Å². The lowest BCUT2D eigenvalue weighted by atomic mass is 9.68. The Kier molecular flexibility index (Phi) is 9.00. The number of urea groups is 1. The molecule has 2 heterocycles. The number of nitrogens with one attached hydrogen (secondary N) is 2. The van der Waals surface area contributed by atoms with Crippen molar-refractivity contribution < 1.29 is 32.1 Å². The van der Waals surface area contributed by atoms with E-state index >= 15 is 0 Å². The Morgan fingerprint density at radius 1 is 1.18 bits per heavy atom. The lowest BCUT2D eigenvalue weighted by molar-refractivity contribution is 0.0131. The van der Waals surface area contributed by atoms with E-state index < -0.39 is 40.2 Å². The van der Waals surface area contributed by atoms with E-state index in [0.717, 1.165) is 44.3 Å². The first-order valence-electron chi connectivity index (χ1n) is 17.4. The van der Waals surface area contributed by atoms with E-state index in [0.29, 0.717) is 37.2 Å². The highest BCUT2D eigenvalue weighted by Gasteiger charge is 2.58. The number of rotatable bonds is 3. The topological polar surface area (TPSA) is 109 Å². The molecule has 3 aliphatic carbocycles. The summed E-state index contributed by atoms with van der Waals surface area (Å²) in [4.78, 5) is 28.9. The van der Waals surface area contributed by atoms with Crippen LogP contribution in [-0.4, -0.2) is 66.8 Å². The molecule has 12 heteroatoms. The Hall–Kier alpha value is -3.51. The zero-order valence-corrected chi connectivity index (χ0v) is 29.2. The molecule has 2 saturated carbocycles. The zero-order chi connectivity index (χ0) is 34.6. The molecule has 1 unspecified atom stereocenters. The highest BCUT2D eigenvalue weighted by atomic mass is 32.2. The summed E-state index contributed by atoms with van der Waals surface area (Å²) in [6.07, 6.45) is 9.17. The summed E-state index contributed by atoms with van der Waals surface area (Å²) in [5, 5.41) is 2.17. The van der Waals surface area contributed by atoms with Crippen molar-refractivity contribution in [2.75, 3.05) is 37.5 Å². The fourth-order valence-electron chi connectivity index (χ4n) is 8.23. The number of alkyl halides is 2. The predicted octanol–water partition coefficient (Wildman–Crippen LogP) is 6.34. The number of anilines is 1. The van der Waals surface area contributed by atoms with Gasteiger partial charge in [-0.25, -0.2) is 17.8 Å². The maximum Gasteiger partial charge on any atom is 0.327 e. The summed E-state index contributed by atoms with van der Waals surface area (Å²) < 4.78 is 60.3. The number of ether oxygens (including phenoxy) is 2. The summed E-state index contributed by atoms with van der Waals surface area (Å²) in [7, 11) is -1.96. The number of fused-ring (bicyclic) bond motifs is 4. The molecule has 2 fully saturated rings. The quantitative estimate of drug-likeness (QED) is 0.363. The second-order valence-corrected chi connectivity index (χ2v) is 16.9. The number of benzene rings is 2. The van der Waals surface area contributed by atoms with Crippen molar-refractivity contribution in [1.82, 2.24) is 10.0 Å². The molecule has 9 nitrogen and oxygen atoms in total. The number of methoxy groups -OCH3 is 1. The maximum atomic E-state index is 14.2. The molecule has 5 aliphatic rings. The number of amides is 3. The van der Waals surface area contributed by atoms with Gasteiger partial charge < -0.3 is 19.7 Å². The second kappa shape index (κ2) is 13.0. The molecule has 0 aromatic heterocycles. The third kappa shape index (κ3) is 6.95. The van der Waals surface area contributed by atoms with Crippen LogP contribution in [0.2, 0.25) is 0 Å². The third-order valence-electron chi connectivity index (χ3n) is 11.1. The first-order valence-corrected chi connectivity index (χ1v) is 19.1. The van der Waals surface area contributed by atoms with Crippen LogP contribution in [-0.2, 0) is 26.5 Å². The second-order valence-electron chi connectivity index (χ2n) is 14.9. The first-order chi connectivity index (χ1) is 23.4. The van der Waals surface area contributed by atoms with Crippen LogP contribution in [0.3, 0.4) is 0 Å². The molecule has 7 rings (SSSR count). The number of aryl methyl sites for hydroxylation is 2. The summed E-state index contributed by atoms with van der Waals surface area (Å²) in [5.41, 5.74) is 4.68. The number of halogens is 2. The van der Waals surface area contributed by atoms with Gasteiger partial charge in [0.2, 0.25) is 0 Å². The summed E-state index contributed by atoms with van der Waals surface area (Å²) in [5.74, 6) is -2.79. The van der Waals surface area contributed by atoms with Gasteiger partial charge in [0.15, 0.2) is 0 Å². The molecule has 2 N–H and O–H groups in total. The number of hydrogen-bond acceptors (Lipinski definition) is 6. The van der Waals surface area contributed by atoms with Crippen molar-refractivity contribution in [1.29, 1.82) is 0 Å². The molecule has 264 valence electrons. The van der Waals surface area contributed by atoms with Crippen LogP contribution in [0.4, 0.5) is 19.3 Å². The van der Waals surface area contributed by atoms with Crippen LogP contribution >= 0.6 is 0 Å². The third-order valence-corrected chi connectivity index (χ3v) is 13.1. The molecule has 49 heavy (non-hydrogen) atoms. The van der Waals surface area contributed by atoms with Crippen molar-refractivity contribution in [2.24, 2.45) is 22.1 Å². The van der Waals surface area contributed by atoms with Gasteiger partial charge in [-0.2, -0.15) is 0 Å². The number of hydrogen-bond donors (Lipinski definition) is 2. The van der Waals surface area contributed by atoms with E-state index in [1.54, 1.807) is 25.3 Å². The van der Waals surface area contributed by atoms with Crippen LogP contribution < -0.4 is 19.7 Å². The van der Waals surface area contributed by atoms with Gasteiger partial charge in [-0.15, -0.1) is 4.36 Å². The molecule has 2 aromatic carbocycles. The normalized spacial score (nSPS) is 34.2. The number of nitrogens with zero attached hydrogens (tertiary/aromatic N) is 2. The smallest absolute Gasteiger partial charge is 0.327 e. The van der Waals surface area contributed by atoms with E-state index in [1.807, 2.05) is 13.0 Å². The number of carbonyl (C=O) groups excluding carboxylic acids is 2. The minimum Gasteiger partial charge on any atom is -0.490 e. The van der Waals surface area contributed by atoms with Crippen molar-refractivity contribution in [3.8, 4) is 5.75 Å². The molecule has 1 spiro atoms. The van der Waals surface area contributed by atoms with Crippen LogP contribution in [0.1, 0.15) is 72.5 Å². The van der Waals surface area contributed by atoms with Crippen LogP contribution in [0.25, 0.3) is 0 Å². The van der Waals surface area contributed by atoms with Gasteiger partial charge in [-0.05, 0) is 92.5 Å². The Balaban J connectivity index is 1.28. The Bertz CT molecular complexity index is 1790. The number of carbonyl (C=O) groups is 2. The monoisotopic (exact) mass is 696 g/mol. The zero-order valence-electron chi connectivity index (χ0n) is 28.4. The van der Waals surface area contributed by atoms with Crippen molar-refractivity contribution in [2.45, 2.75) is 82.3 Å². The average molecular weight is 697 g/mol. The number of allylic oxidation sites excluding steroid dienone is 1. The maximum absolute atomic E-state index is 14.2. The Labute approximate surface area is 287 Å². The molecule has 0 saturated heterocycles. The van der Waals surface area contributed by atoms with Gasteiger partial charge in [-0.1, -0.05) is 42.8 Å². The minimum atomic E-state index is -3.69. The molecule has 2 aromatic rings. The SMILES string of the molecule is CO[C@H]1/C=C/C[C@H](C)CS(=O)(NC(=O)N[C@H]2CC2(F)F)=NC(=O)c2ccc3c(c2)N(C[C@@H]2CC[C@H]21)C[C@@]1(CCCc2cc(C)ccc21)CO3. The van der Waals surface area contributed by atoms with Gasteiger partial charge >= 0.3 is 6.03 Å². The fraction of sp³-hybridized carbons (Fsp3) is 0.568. The van der Waals surface area contributed by atoms with Gasteiger partial charge in [0, 0.05) is 37.6 Å². The largest absolute Gasteiger partial charge is 0.490 e. The predicted molar refractivity (Wildman–Crippen MR) is 185 cm³/mol. The Morgan fingerprint density at radius 3 is 2.73 bits per heavy atom. The van der Waals surface area contributed by atoms with Crippen molar-refractivity contribution in [3.05, 3.63) is 70.8 Å². The standard InChI is InChI=1S/C37H46F2N4O5S/c1-23-9-13-29-25(16-23)7-5-15-36(29)21-43-19-27-10-12-28(27)31(47-3)8-4-6-24(2)20-49(46,42-35(45)40-33-18-37(33,38)39)41-34(44)26-11-14-32(48-22-36)30(43)17-26/h4,8-9,11,13-14,16-17,24,27-28,31,33H,5-7,10,12,15,18-22H2,1-3H3,(H2,40,41,42,44,45,46)/b8-4+/t24-,27-,28+,31-,33-,36-,49?/m0/s1. The van der Waals surface area contributed by atoms with Crippen molar-refractivity contribution >= 4 is 27.5 Å². The average Bonchev–Trinajstić information content (AvgIpc) is 3.67. The van der Waals surface area contributed by atoms with Crippen LogP contribution in [0.15, 0.2) is 52.9 Å². The molecule has 2 aliphatic heterocycles. The van der Waals surface area contributed by atoms with Crippen LogP contribution in [0.5, 0.6) is 5.75 Å². The van der Waals surface area contributed by atoms with E-state index in [1.165, 1.54) is 16.7 Å². The highest BCUT2D eigenvalue weighted by Crippen LogP contribution is 2.47. The van der Waals surface area contributed by atoms with E-state index in [4.69, 9.17) is 9.47 Å². The lowest BCUT2D eigenvalue weighted by Gasteiger charge is -2.46.